The number of aromatic nitrogens is 2. The van der Waals surface area contributed by atoms with Crippen LogP contribution in [-0.2, 0) is 5.41 Å². The van der Waals surface area contributed by atoms with Crippen molar-refractivity contribution in [2.75, 3.05) is 0 Å². The molecule has 1 aliphatic heterocycles. The summed E-state index contributed by atoms with van der Waals surface area (Å²) in [5.41, 5.74) is 11.6. The minimum atomic E-state index is -2.01. The second-order valence-corrected chi connectivity index (χ2v) is 19.0. The first kappa shape index (κ1) is 31.7. The van der Waals surface area contributed by atoms with Gasteiger partial charge in [0, 0.05) is 16.9 Å². The SMILES string of the molecule is CC(C)(C)c1cc(-c2cc(-c3ccccc3)c(-c3ccccc3)cc2-c2ccccc2)ccc1-c1ncc2c(n1)Oc1ccccc1[Si]2(C)C. The van der Waals surface area contributed by atoms with E-state index >= 15 is 0 Å². The monoisotopic (exact) mass is 664 g/mol. The van der Waals surface area contributed by atoms with Gasteiger partial charge < -0.3 is 4.74 Å². The molecular formula is C46H40N2OSi. The van der Waals surface area contributed by atoms with Gasteiger partial charge in [-0.05, 0) is 84.9 Å². The van der Waals surface area contributed by atoms with Crippen molar-refractivity contribution in [1.29, 1.82) is 0 Å². The van der Waals surface area contributed by atoms with Crippen LogP contribution in [0, 0.1) is 0 Å². The van der Waals surface area contributed by atoms with Gasteiger partial charge in [-0.15, -0.1) is 0 Å². The first-order chi connectivity index (χ1) is 24.2. The van der Waals surface area contributed by atoms with Crippen LogP contribution in [0.3, 0.4) is 0 Å². The Kier molecular flexibility index (Phi) is 7.85. The molecule has 0 saturated carbocycles. The van der Waals surface area contributed by atoms with Gasteiger partial charge in [0.25, 0.3) is 0 Å². The van der Waals surface area contributed by atoms with E-state index in [9.17, 15) is 0 Å². The van der Waals surface area contributed by atoms with Gasteiger partial charge in [0.05, 0.1) is 0 Å². The van der Waals surface area contributed by atoms with Crippen molar-refractivity contribution < 1.29 is 4.74 Å². The highest BCUT2D eigenvalue weighted by Crippen LogP contribution is 2.44. The zero-order chi connectivity index (χ0) is 34.5. The molecule has 0 bridgehead atoms. The van der Waals surface area contributed by atoms with Crippen molar-refractivity contribution in [3.63, 3.8) is 0 Å². The fourth-order valence-electron chi connectivity index (χ4n) is 7.26. The van der Waals surface area contributed by atoms with Gasteiger partial charge >= 0.3 is 0 Å². The summed E-state index contributed by atoms with van der Waals surface area (Å²) < 4.78 is 6.44. The van der Waals surface area contributed by atoms with Crippen LogP contribution in [0.2, 0.25) is 13.1 Å². The Bertz CT molecular complexity index is 2340. The number of ether oxygens (including phenoxy) is 1. The standard InChI is InChI=1S/C46H40N2OSi/c1-46(2,3)40-27-34(25-26-35(40)44-47-30-43-45(48-44)49-41-23-15-16-24-42(41)50(43,4)5)39-29-37(32-19-11-7-12-20-32)36(31-17-9-6-10-18-31)28-38(39)33-21-13-8-14-22-33/h6-30H,1-5H3. The molecule has 244 valence electrons. The van der Waals surface area contributed by atoms with Crippen LogP contribution in [0.4, 0.5) is 0 Å². The van der Waals surface area contributed by atoms with Gasteiger partial charge in [-0.25, -0.2) is 4.98 Å². The van der Waals surface area contributed by atoms with Gasteiger partial charge in [0.2, 0.25) is 5.88 Å². The van der Waals surface area contributed by atoms with Gasteiger partial charge in [-0.1, -0.05) is 155 Å². The topological polar surface area (TPSA) is 35.0 Å². The number of nitrogens with zero attached hydrogens (tertiary/aromatic N) is 2. The molecule has 0 amide bonds. The van der Waals surface area contributed by atoms with Crippen molar-refractivity contribution >= 4 is 18.4 Å². The van der Waals surface area contributed by atoms with E-state index < -0.39 is 8.07 Å². The smallest absolute Gasteiger partial charge is 0.222 e. The molecule has 4 heteroatoms. The molecular weight excluding hydrogens is 625 g/mol. The molecule has 7 aromatic rings. The summed E-state index contributed by atoms with van der Waals surface area (Å²) in [7, 11) is -2.01. The predicted molar refractivity (Wildman–Crippen MR) is 211 cm³/mol. The highest BCUT2D eigenvalue weighted by molar-refractivity contribution is 7.01. The first-order valence-electron chi connectivity index (χ1n) is 17.3. The van der Waals surface area contributed by atoms with Crippen LogP contribution in [-0.4, -0.2) is 18.0 Å². The number of fused-ring (bicyclic) bond motifs is 2. The lowest BCUT2D eigenvalue weighted by Gasteiger charge is -2.32. The highest BCUT2D eigenvalue weighted by atomic mass is 28.3. The minimum absolute atomic E-state index is 0.175. The molecule has 1 aromatic heterocycles. The Hall–Kier alpha value is -5.58. The molecule has 0 spiro atoms. The second kappa shape index (κ2) is 12.4. The Balaban J connectivity index is 1.32. The number of rotatable bonds is 5. The second-order valence-electron chi connectivity index (χ2n) is 14.7. The maximum Gasteiger partial charge on any atom is 0.222 e. The van der Waals surface area contributed by atoms with E-state index in [0.29, 0.717) is 11.7 Å². The Morgan fingerprint density at radius 1 is 0.500 bits per heavy atom. The zero-order valence-corrected chi connectivity index (χ0v) is 30.2. The summed E-state index contributed by atoms with van der Waals surface area (Å²) in [5.74, 6) is 2.29. The van der Waals surface area contributed by atoms with E-state index in [2.05, 4.69) is 173 Å². The Morgan fingerprint density at radius 3 is 1.54 bits per heavy atom. The molecule has 0 atom stereocenters. The van der Waals surface area contributed by atoms with E-state index in [1.807, 2.05) is 12.3 Å². The van der Waals surface area contributed by atoms with Crippen molar-refractivity contribution in [3.8, 4) is 67.5 Å². The summed E-state index contributed by atoms with van der Waals surface area (Å²) in [6.45, 7) is 11.5. The number of hydrogen-bond donors (Lipinski definition) is 0. The molecule has 0 N–H and O–H groups in total. The summed E-state index contributed by atoms with van der Waals surface area (Å²) in [4.78, 5) is 10.1. The fraction of sp³-hybridized carbons (Fsp3) is 0.130. The average molecular weight is 665 g/mol. The van der Waals surface area contributed by atoms with Crippen LogP contribution in [0.25, 0.3) is 55.9 Å². The average Bonchev–Trinajstić information content (AvgIpc) is 3.14. The van der Waals surface area contributed by atoms with Crippen molar-refractivity contribution in [3.05, 3.63) is 157 Å². The van der Waals surface area contributed by atoms with E-state index in [0.717, 1.165) is 22.1 Å². The fourth-order valence-corrected chi connectivity index (χ4v) is 9.84. The van der Waals surface area contributed by atoms with Crippen molar-refractivity contribution in [2.45, 2.75) is 39.3 Å². The number of benzene rings is 6. The lowest BCUT2D eigenvalue weighted by molar-refractivity contribution is 0.466. The summed E-state index contributed by atoms with van der Waals surface area (Å²) in [5, 5.41) is 2.42. The summed E-state index contributed by atoms with van der Waals surface area (Å²) >= 11 is 0. The molecule has 0 radical (unpaired) electrons. The van der Waals surface area contributed by atoms with Crippen LogP contribution < -0.4 is 15.1 Å². The summed E-state index contributed by atoms with van der Waals surface area (Å²) in [6.07, 6.45) is 2.02. The quantitative estimate of drug-likeness (QED) is 0.172. The predicted octanol–water partition coefficient (Wildman–Crippen LogP) is 11.0. The van der Waals surface area contributed by atoms with Gasteiger partial charge in [-0.2, -0.15) is 4.98 Å². The van der Waals surface area contributed by atoms with Gasteiger partial charge in [0.1, 0.15) is 13.8 Å². The minimum Gasteiger partial charge on any atom is -0.439 e. The van der Waals surface area contributed by atoms with E-state index in [1.165, 1.54) is 49.7 Å². The van der Waals surface area contributed by atoms with E-state index in [4.69, 9.17) is 14.7 Å². The molecule has 0 fully saturated rings. The third-order valence-corrected chi connectivity index (χ3v) is 13.4. The highest BCUT2D eigenvalue weighted by Gasteiger charge is 2.38. The molecule has 2 heterocycles. The normalized spacial score (nSPS) is 13.2. The molecule has 0 saturated heterocycles. The van der Waals surface area contributed by atoms with Gasteiger partial charge in [-0.3, -0.25) is 0 Å². The van der Waals surface area contributed by atoms with Crippen LogP contribution in [0.5, 0.6) is 11.6 Å². The van der Waals surface area contributed by atoms with Crippen LogP contribution in [0.1, 0.15) is 26.3 Å². The molecule has 0 unspecified atom stereocenters. The van der Waals surface area contributed by atoms with Crippen molar-refractivity contribution in [2.24, 2.45) is 0 Å². The van der Waals surface area contributed by atoms with E-state index in [1.54, 1.807) is 0 Å². The lowest BCUT2D eigenvalue weighted by atomic mass is 9.80. The van der Waals surface area contributed by atoms with Gasteiger partial charge in [0.15, 0.2) is 5.82 Å². The zero-order valence-electron chi connectivity index (χ0n) is 29.2. The molecule has 3 nitrogen and oxygen atoms in total. The molecule has 1 aliphatic rings. The van der Waals surface area contributed by atoms with Crippen molar-refractivity contribution in [1.82, 2.24) is 9.97 Å². The maximum atomic E-state index is 6.44. The maximum absolute atomic E-state index is 6.44. The number of hydrogen-bond acceptors (Lipinski definition) is 3. The largest absolute Gasteiger partial charge is 0.439 e. The first-order valence-corrected chi connectivity index (χ1v) is 20.3. The third-order valence-electron chi connectivity index (χ3n) is 9.99. The summed E-state index contributed by atoms with van der Waals surface area (Å²) in [6, 6.07) is 52.1. The lowest BCUT2D eigenvalue weighted by Crippen LogP contribution is -2.56. The number of para-hydroxylation sites is 1. The Labute approximate surface area is 296 Å². The molecule has 6 aromatic carbocycles. The molecule has 8 rings (SSSR count). The molecule has 50 heavy (non-hydrogen) atoms. The Morgan fingerprint density at radius 2 is 1.00 bits per heavy atom. The third kappa shape index (κ3) is 5.66. The van der Waals surface area contributed by atoms with Crippen LogP contribution >= 0.6 is 0 Å². The van der Waals surface area contributed by atoms with E-state index in [-0.39, 0.29) is 5.41 Å². The van der Waals surface area contributed by atoms with Crippen LogP contribution in [0.15, 0.2) is 152 Å². The molecule has 0 aliphatic carbocycles.